The van der Waals surface area contributed by atoms with Gasteiger partial charge in [0, 0.05) is 17.8 Å². The van der Waals surface area contributed by atoms with Crippen LogP contribution in [0, 0.1) is 0 Å². The van der Waals surface area contributed by atoms with Crippen molar-refractivity contribution in [3.8, 4) is 0 Å². The third kappa shape index (κ3) is 2.93. The lowest BCUT2D eigenvalue weighted by molar-refractivity contribution is 0.0600. The fourth-order valence-corrected chi connectivity index (χ4v) is 2.95. The third-order valence-electron chi connectivity index (χ3n) is 4.54. The topological polar surface area (TPSA) is 44.1 Å². The zero-order valence-electron chi connectivity index (χ0n) is 13.9. The third-order valence-corrected chi connectivity index (χ3v) is 4.54. The van der Waals surface area contributed by atoms with Crippen LogP contribution < -0.4 is 0 Å². The van der Waals surface area contributed by atoms with Crippen molar-refractivity contribution in [1.82, 2.24) is 9.78 Å². The van der Waals surface area contributed by atoms with Crippen LogP contribution in [0.3, 0.4) is 0 Å². The number of fused-ring (bicyclic) bond motifs is 1. The molecule has 0 N–H and O–H groups in total. The Hall–Kier alpha value is -2.36. The first-order valence-corrected chi connectivity index (χ1v) is 8.10. The molecule has 1 aliphatic carbocycles. The highest BCUT2D eigenvalue weighted by atomic mass is 16.5. The highest BCUT2D eigenvalue weighted by Gasteiger charge is 2.18. The van der Waals surface area contributed by atoms with E-state index < -0.39 is 0 Å². The number of nitrogens with zero attached hydrogens (tertiary/aromatic N) is 2. The lowest BCUT2D eigenvalue weighted by atomic mass is 9.87. The van der Waals surface area contributed by atoms with Gasteiger partial charge in [-0.25, -0.2) is 4.79 Å². The molecule has 0 spiro atoms. The van der Waals surface area contributed by atoms with Gasteiger partial charge in [0.1, 0.15) is 0 Å². The van der Waals surface area contributed by atoms with E-state index in [1.54, 1.807) is 0 Å². The summed E-state index contributed by atoms with van der Waals surface area (Å²) < 4.78 is 6.85. The van der Waals surface area contributed by atoms with Crippen LogP contribution in [0.15, 0.2) is 36.7 Å². The minimum atomic E-state index is -0.298. The van der Waals surface area contributed by atoms with Gasteiger partial charge in [-0.3, -0.25) is 4.68 Å². The summed E-state index contributed by atoms with van der Waals surface area (Å²) in [4.78, 5) is 11.8. The first-order valence-electron chi connectivity index (χ1n) is 8.10. The van der Waals surface area contributed by atoms with Gasteiger partial charge in [0.05, 0.1) is 18.9 Å². The van der Waals surface area contributed by atoms with Gasteiger partial charge in [0.25, 0.3) is 0 Å². The molecule has 0 saturated carbocycles. The number of methoxy groups -OCH3 is 1. The fraction of sp³-hybridized carbons (Fsp3) is 0.368. The van der Waals surface area contributed by atoms with E-state index in [2.05, 4.69) is 31.2 Å². The number of carbonyl (C=O) groups excluding carboxylic acids is 1. The van der Waals surface area contributed by atoms with E-state index in [1.807, 2.05) is 29.1 Å². The molecule has 1 unspecified atom stereocenters. The lowest BCUT2D eigenvalue weighted by Gasteiger charge is -2.18. The van der Waals surface area contributed by atoms with E-state index in [1.165, 1.54) is 12.7 Å². The van der Waals surface area contributed by atoms with Crippen LogP contribution in [0.5, 0.6) is 0 Å². The summed E-state index contributed by atoms with van der Waals surface area (Å²) in [5.74, 6) is -0.298. The monoisotopic (exact) mass is 310 g/mol. The largest absolute Gasteiger partial charge is 0.465 e. The summed E-state index contributed by atoms with van der Waals surface area (Å²) >= 11 is 0. The van der Waals surface area contributed by atoms with Crippen LogP contribution in [-0.2, 0) is 11.2 Å². The number of hydrogen-bond acceptors (Lipinski definition) is 3. The first kappa shape index (κ1) is 15.5. The zero-order chi connectivity index (χ0) is 16.4. The molecular formula is C19H22N2O2. The van der Waals surface area contributed by atoms with Gasteiger partial charge in [-0.15, -0.1) is 0 Å². The van der Waals surface area contributed by atoms with Crippen LogP contribution in [0.1, 0.15) is 59.8 Å². The molecule has 4 heteroatoms. The van der Waals surface area contributed by atoms with Gasteiger partial charge in [-0.1, -0.05) is 19.1 Å². The fourth-order valence-electron chi connectivity index (χ4n) is 2.95. The van der Waals surface area contributed by atoms with Gasteiger partial charge < -0.3 is 4.74 Å². The molecule has 0 fully saturated rings. The normalized spacial score (nSPS) is 14.8. The Bertz CT molecular complexity index is 758. The quantitative estimate of drug-likeness (QED) is 0.801. The van der Waals surface area contributed by atoms with Crippen molar-refractivity contribution in [3.05, 3.63) is 58.9 Å². The van der Waals surface area contributed by atoms with E-state index in [0.717, 1.165) is 36.0 Å². The van der Waals surface area contributed by atoms with E-state index in [4.69, 9.17) is 4.74 Å². The highest BCUT2D eigenvalue weighted by Crippen LogP contribution is 2.32. The summed E-state index contributed by atoms with van der Waals surface area (Å²) in [5.41, 5.74) is 5.24. The van der Waals surface area contributed by atoms with E-state index >= 15 is 0 Å². The van der Waals surface area contributed by atoms with E-state index in [-0.39, 0.29) is 5.97 Å². The minimum Gasteiger partial charge on any atom is -0.465 e. The van der Waals surface area contributed by atoms with Crippen LogP contribution >= 0.6 is 0 Å². The smallest absolute Gasteiger partial charge is 0.337 e. The molecule has 1 atom stereocenters. The average molecular weight is 310 g/mol. The Labute approximate surface area is 136 Å². The molecule has 1 aromatic heterocycles. The predicted molar refractivity (Wildman–Crippen MR) is 90.4 cm³/mol. The van der Waals surface area contributed by atoms with Crippen molar-refractivity contribution in [2.45, 2.75) is 39.2 Å². The minimum absolute atomic E-state index is 0.298. The van der Waals surface area contributed by atoms with Crippen molar-refractivity contribution >= 4 is 11.5 Å². The molecule has 0 saturated heterocycles. The van der Waals surface area contributed by atoms with Gasteiger partial charge in [-0.2, -0.15) is 5.10 Å². The van der Waals surface area contributed by atoms with Crippen LogP contribution in [0.4, 0.5) is 0 Å². The number of esters is 1. The second-order valence-electron chi connectivity index (χ2n) is 5.99. The molecular weight excluding hydrogens is 288 g/mol. The number of ether oxygens (including phenoxy) is 1. The SMILES string of the molecule is CCC(C)n1cc(C2=CCCc3ccc(C(=O)OC)cc32)cn1. The summed E-state index contributed by atoms with van der Waals surface area (Å²) in [6.45, 7) is 4.32. The molecule has 120 valence electrons. The van der Waals surface area contributed by atoms with Gasteiger partial charge >= 0.3 is 5.97 Å². The van der Waals surface area contributed by atoms with Crippen LogP contribution in [0.2, 0.25) is 0 Å². The molecule has 1 aliphatic rings. The van der Waals surface area contributed by atoms with E-state index in [9.17, 15) is 4.79 Å². The number of allylic oxidation sites excluding steroid dienone is 1. The summed E-state index contributed by atoms with van der Waals surface area (Å²) in [5, 5.41) is 4.49. The molecule has 3 rings (SSSR count). The van der Waals surface area contributed by atoms with Gasteiger partial charge in [-0.05, 0) is 55.0 Å². The standard InChI is InChI=1S/C19H22N2O2/c1-4-13(2)21-12-16(11-20-21)17-7-5-6-14-8-9-15(10-18(14)17)19(22)23-3/h7-13H,4-6H2,1-3H3. The molecule has 0 amide bonds. The Morgan fingerprint density at radius 2 is 2.26 bits per heavy atom. The van der Waals surface area contributed by atoms with E-state index in [0.29, 0.717) is 11.6 Å². The Kier molecular flexibility index (Phi) is 4.33. The number of aryl methyl sites for hydroxylation is 1. The molecule has 0 bridgehead atoms. The Morgan fingerprint density at radius 3 is 3.00 bits per heavy atom. The van der Waals surface area contributed by atoms with Crippen molar-refractivity contribution in [2.75, 3.05) is 7.11 Å². The summed E-state index contributed by atoms with van der Waals surface area (Å²) in [6.07, 6.45) is 9.30. The zero-order valence-corrected chi connectivity index (χ0v) is 13.9. The Morgan fingerprint density at radius 1 is 1.43 bits per heavy atom. The van der Waals surface area contributed by atoms with Crippen molar-refractivity contribution in [2.24, 2.45) is 0 Å². The second-order valence-corrected chi connectivity index (χ2v) is 5.99. The number of benzene rings is 1. The first-order chi connectivity index (χ1) is 11.1. The maximum atomic E-state index is 11.8. The molecule has 1 aromatic carbocycles. The van der Waals surface area contributed by atoms with Crippen molar-refractivity contribution in [1.29, 1.82) is 0 Å². The van der Waals surface area contributed by atoms with Crippen molar-refractivity contribution < 1.29 is 9.53 Å². The number of aromatic nitrogens is 2. The summed E-state index contributed by atoms with van der Waals surface area (Å²) in [7, 11) is 1.41. The molecule has 1 heterocycles. The van der Waals surface area contributed by atoms with Crippen LogP contribution in [0.25, 0.3) is 5.57 Å². The highest BCUT2D eigenvalue weighted by molar-refractivity contribution is 5.92. The number of hydrogen-bond donors (Lipinski definition) is 0. The maximum Gasteiger partial charge on any atom is 0.337 e. The maximum absolute atomic E-state index is 11.8. The van der Waals surface area contributed by atoms with Crippen LogP contribution in [-0.4, -0.2) is 22.9 Å². The van der Waals surface area contributed by atoms with Crippen molar-refractivity contribution in [3.63, 3.8) is 0 Å². The lowest BCUT2D eigenvalue weighted by Crippen LogP contribution is -2.06. The Balaban J connectivity index is 2.01. The predicted octanol–water partition coefficient (Wildman–Crippen LogP) is 4.02. The van der Waals surface area contributed by atoms with Gasteiger partial charge in [0.2, 0.25) is 0 Å². The molecule has 0 radical (unpaired) electrons. The molecule has 0 aliphatic heterocycles. The second kappa shape index (κ2) is 6.41. The average Bonchev–Trinajstić information content (AvgIpc) is 3.09. The number of rotatable bonds is 4. The van der Waals surface area contributed by atoms with Gasteiger partial charge in [0.15, 0.2) is 0 Å². The molecule has 2 aromatic rings. The molecule has 4 nitrogen and oxygen atoms in total. The number of carbonyl (C=O) groups is 1. The summed E-state index contributed by atoms with van der Waals surface area (Å²) in [6, 6.07) is 6.20. The molecule has 23 heavy (non-hydrogen) atoms.